The van der Waals surface area contributed by atoms with Gasteiger partial charge in [0.2, 0.25) is 0 Å². The highest BCUT2D eigenvalue weighted by molar-refractivity contribution is 7.99. The molecule has 0 amide bonds. The highest BCUT2D eigenvalue weighted by atomic mass is 35.5. The van der Waals surface area contributed by atoms with Crippen molar-refractivity contribution in [2.45, 2.75) is 18.4 Å². The lowest BCUT2D eigenvalue weighted by Gasteiger charge is -2.14. The van der Waals surface area contributed by atoms with Crippen LogP contribution in [-0.4, -0.2) is 39.4 Å². The first-order valence-corrected chi connectivity index (χ1v) is 12.6. The second-order valence-corrected chi connectivity index (χ2v) is 10.3. The highest BCUT2D eigenvalue weighted by Crippen LogP contribution is 2.29. The molecule has 0 aliphatic carbocycles. The van der Waals surface area contributed by atoms with Gasteiger partial charge in [0, 0.05) is 10.7 Å². The molecular weight excluding hydrogens is 505 g/mol. The van der Waals surface area contributed by atoms with Crippen molar-refractivity contribution >= 4 is 57.3 Å². The Bertz CT molecular complexity index is 1460. The largest absolute Gasteiger partial charge is 0.349 e. The average molecular weight is 522 g/mol. The number of fused-ring (bicyclic) bond motifs is 1. The zero-order chi connectivity index (χ0) is 23.1. The minimum atomic E-state index is -0.386. The summed E-state index contributed by atoms with van der Waals surface area (Å²) >= 11 is 14.3. The topological polar surface area (TPSA) is 58.3 Å². The molecule has 5 rings (SSSR count). The zero-order valence-corrected chi connectivity index (χ0v) is 20.5. The van der Waals surface area contributed by atoms with Gasteiger partial charge in [-0.3, -0.25) is 13.9 Å². The van der Waals surface area contributed by atoms with Gasteiger partial charge in [-0.1, -0.05) is 34.7 Å². The highest BCUT2D eigenvalue weighted by Gasteiger charge is 2.22. The van der Waals surface area contributed by atoms with Crippen LogP contribution < -0.4 is 5.56 Å². The number of thiazole rings is 1. The average Bonchev–Trinajstić information content (AvgIpc) is 3.43. The summed E-state index contributed by atoms with van der Waals surface area (Å²) in [4.78, 5) is 18.5. The van der Waals surface area contributed by atoms with Crippen molar-refractivity contribution in [2.24, 2.45) is 0 Å². The molecule has 0 saturated carbocycles. The Balaban J connectivity index is 1.71. The molecule has 170 valence electrons. The lowest BCUT2D eigenvalue weighted by atomic mass is 10.2. The fourth-order valence-electron chi connectivity index (χ4n) is 3.49. The van der Waals surface area contributed by atoms with Crippen molar-refractivity contribution in [2.75, 3.05) is 19.0 Å². The maximum Gasteiger partial charge on any atom is 0.278 e. The van der Waals surface area contributed by atoms with E-state index in [0.29, 0.717) is 49.1 Å². The third kappa shape index (κ3) is 4.39. The summed E-state index contributed by atoms with van der Waals surface area (Å²) in [6.45, 7) is 2.96. The summed E-state index contributed by atoms with van der Waals surface area (Å²) in [7, 11) is 0. The van der Waals surface area contributed by atoms with E-state index in [-0.39, 0.29) is 17.7 Å². The lowest BCUT2D eigenvalue weighted by molar-refractivity contribution is -0.0215. The van der Waals surface area contributed by atoms with Crippen molar-refractivity contribution in [3.8, 4) is 11.4 Å². The summed E-state index contributed by atoms with van der Waals surface area (Å²) < 4.78 is 28.8. The number of hydrogen-bond donors (Lipinski definition) is 0. The van der Waals surface area contributed by atoms with E-state index >= 15 is 0 Å². The maximum atomic E-state index is 13.6. The third-order valence-electron chi connectivity index (χ3n) is 5.10. The Labute approximate surface area is 206 Å². The van der Waals surface area contributed by atoms with Crippen LogP contribution in [0.2, 0.25) is 5.02 Å². The summed E-state index contributed by atoms with van der Waals surface area (Å²) in [6, 6.07) is 11.3. The number of aryl methyl sites for hydroxylation is 1. The van der Waals surface area contributed by atoms with E-state index < -0.39 is 0 Å². The molecule has 33 heavy (non-hydrogen) atoms. The van der Waals surface area contributed by atoms with Crippen LogP contribution >= 0.6 is 46.9 Å². The Kier molecular flexibility index (Phi) is 6.39. The molecule has 1 aliphatic heterocycles. The maximum absolute atomic E-state index is 13.6. The van der Waals surface area contributed by atoms with Crippen molar-refractivity contribution < 1.29 is 13.9 Å². The van der Waals surface area contributed by atoms with Crippen molar-refractivity contribution in [3.63, 3.8) is 0 Å². The number of benzene rings is 2. The van der Waals surface area contributed by atoms with E-state index in [4.69, 9.17) is 38.3 Å². The van der Waals surface area contributed by atoms with Crippen LogP contribution in [0.3, 0.4) is 0 Å². The van der Waals surface area contributed by atoms with E-state index in [2.05, 4.69) is 0 Å². The van der Waals surface area contributed by atoms with Gasteiger partial charge < -0.3 is 9.47 Å². The van der Waals surface area contributed by atoms with E-state index in [1.54, 1.807) is 22.8 Å². The molecule has 0 atom stereocenters. The van der Waals surface area contributed by atoms with Crippen molar-refractivity contribution in [1.29, 1.82) is 0 Å². The second kappa shape index (κ2) is 9.28. The van der Waals surface area contributed by atoms with Gasteiger partial charge >= 0.3 is 0 Å². The number of ether oxygens (including phenoxy) is 2. The van der Waals surface area contributed by atoms with Gasteiger partial charge in [0.25, 0.3) is 5.56 Å². The van der Waals surface area contributed by atoms with Gasteiger partial charge in [0.05, 0.1) is 24.7 Å². The molecule has 0 radical (unpaired) electrons. The first-order chi connectivity index (χ1) is 15.9. The van der Waals surface area contributed by atoms with E-state index in [1.165, 1.54) is 39.8 Å². The molecule has 0 unspecified atom stereocenters. The van der Waals surface area contributed by atoms with Crippen LogP contribution in [0.15, 0.2) is 52.4 Å². The van der Waals surface area contributed by atoms with Crippen LogP contribution in [0.1, 0.15) is 5.56 Å². The smallest absolute Gasteiger partial charge is 0.278 e. The van der Waals surface area contributed by atoms with Gasteiger partial charge in [0.15, 0.2) is 21.0 Å². The van der Waals surface area contributed by atoms with Crippen LogP contribution in [0.4, 0.5) is 4.39 Å². The number of thioether (sulfide) groups is 1. The van der Waals surface area contributed by atoms with Gasteiger partial charge in [-0.25, -0.2) is 9.37 Å². The minimum absolute atomic E-state index is 0.275. The second-order valence-electron chi connectivity index (χ2n) is 7.28. The van der Waals surface area contributed by atoms with E-state index in [0.717, 1.165) is 11.3 Å². The Morgan fingerprint density at radius 3 is 2.58 bits per heavy atom. The van der Waals surface area contributed by atoms with Gasteiger partial charge in [-0.2, -0.15) is 0 Å². The molecule has 2 aromatic heterocycles. The van der Waals surface area contributed by atoms with Crippen LogP contribution in [0.5, 0.6) is 0 Å². The van der Waals surface area contributed by atoms with Crippen LogP contribution in [-0.2, 0) is 9.47 Å². The Morgan fingerprint density at radius 2 is 1.88 bits per heavy atom. The standard InChI is InChI=1S/C22H17ClFN3O3S3/c1-12-10-15(6-7-16(12)23)26-19-18(33-22(26)31)20(28)27(14-4-2-13(24)3-5-14)21(25-19)32-11-17-29-8-9-30-17/h2-7,10,17H,8-9,11H2,1H3. The number of hydrogen-bond acceptors (Lipinski definition) is 7. The molecule has 11 heteroatoms. The number of rotatable bonds is 5. The zero-order valence-electron chi connectivity index (χ0n) is 17.3. The SMILES string of the molecule is Cc1cc(-n2c(=S)sc3c(=O)n(-c4ccc(F)cc4)c(SCC4OCCO4)nc32)ccc1Cl. The quantitative estimate of drug-likeness (QED) is 0.195. The van der Waals surface area contributed by atoms with Crippen molar-refractivity contribution in [3.05, 3.63) is 73.2 Å². The van der Waals surface area contributed by atoms with Crippen LogP contribution in [0, 0.1) is 16.7 Å². The first kappa shape index (κ1) is 22.7. The fraction of sp³-hybridized carbons (Fsp3) is 0.227. The third-order valence-corrected chi connectivity index (χ3v) is 7.85. The van der Waals surface area contributed by atoms with Gasteiger partial charge in [-0.05, 0) is 67.2 Å². The Morgan fingerprint density at radius 1 is 1.18 bits per heavy atom. The predicted molar refractivity (Wildman–Crippen MR) is 131 cm³/mol. The minimum Gasteiger partial charge on any atom is -0.349 e. The molecule has 1 saturated heterocycles. The normalized spacial score (nSPS) is 14.4. The van der Waals surface area contributed by atoms with Gasteiger partial charge in [-0.15, -0.1) is 0 Å². The van der Waals surface area contributed by atoms with E-state index in [1.807, 2.05) is 19.1 Å². The molecule has 1 fully saturated rings. The summed E-state index contributed by atoms with van der Waals surface area (Å²) in [6.07, 6.45) is -0.382. The number of nitrogens with zero attached hydrogens (tertiary/aromatic N) is 3. The van der Waals surface area contributed by atoms with Crippen LogP contribution in [0.25, 0.3) is 21.7 Å². The summed E-state index contributed by atoms with van der Waals surface area (Å²) in [5.74, 6) is 0.0621. The summed E-state index contributed by atoms with van der Waals surface area (Å²) in [5.41, 5.74) is 2.37. The molecule has 0 spiro atoms. The lowest BCUT2D eigenvalue weighted by Crippen LogP contribution is -2.22. The van der Waals surface area contributed by atoms with Crippen molar-refractivity contribution in [1.82, 2.24) is 14.1 Å². The van der Waals surface area contributed by atoms with E-state index in [9.17, 15) is 9.18 Å². The molecule has 0 N–H and O–H groups in total. The molecule has 2 aromatic carbocycles. The van der Waals surface area contributed by atoms with Gasteiger partial charge in [0.1, 0.15) is 10.5 Å². The predicted octanol–water partition coefficient (Wildman–Crippen LogP) is 5.53. The molecule has 0 bridgehead atoms. The molecule has 4 aromatic rings. The summed E-state index contributed by atoms with van der Waals surface area (Å²) in [5, 5.41) is 1.08. The molecular formula is C22H17ClFN3O3S3. The number of halogens is 2. The number of aromatic nitrogens is 3. The molecule has 3 heterocycles. The Hall–Kier alpha value is -2.08. The molecule has 1 aliphatic rings. The first-order valence-electron chi connectivity index (χ1n) is 9.99. The monoisotopic (exact) mass is 521 g/mol. The molecule has 6 nitrogen and oxygen atoms in total. The fourth-order valence-corrected chi connectivity index (χ4v) is 5.86.